The topological polar surface area (TPSA) is 27.1 Å². The van der Waals surface area contributed by atoms with Gasteiger partial charge in [-0.1, -0.05) is 46.4 Å². The predicted molar refractivity (Wildman–Crippen MR) is 96.2 cm³/mol. The number of hydrogen-bond donors (Lipinski definition) is 2. The molecule has 0 atom stereocenters. The van der Waals surface area contributed by atoms with Crippen LogP contribution in [0.5, 0.6) is 0 Å². The van der Waals surface area contributed by atoms with Gasteiger partial charge >= 0.3 is 0 Å². The van der Waals surface area contributed by atoms with Crippen LogP contribution in [0.3, 0.4) is 0 Å². The van der Waals surface area contributed by atoms with Crippen LogP contribution in [0.2, 0.25) is 20.1 Å². The Morgan fingerprint density at radius 3 is 1.86 bits per heavy atom. The van der Waals surface area contributed by atoms with Crippen LogP contribution in [-0.4, -0.2) is 17.6 Å². The van der Waals surface area contributed by atoms with Crippen molar-refractivity contribution >= 4 is 64.1 Å². The van der Waals surface area contributed by atoms with Crippen molar-refractivity contribution in [1.82, 2.24) is 5.32 Å². The molecule has 7 heteroatoms. The van der Waals surface area contributed by atoms with E-state index in [0.717, 1.165) is 17.9 Å². The lowest BCUT2D eigenvalue weighted by atomic mass is 10.3. The van der Waals surface area contributed by atoms with Crippen LogP contribution in [-0.2, 0) is 0 Å². The molecule has 3 nitrogen and oxygen atoms in total. The standard InChI is InChI=1S/C15H13Cl4N3/c1-2-20-9-22(15-7-12(18)4-13(19)8-15)21-14-5-10(16)3-11(17)6-14/h3-9,21H,2H2,1H3/p+1. The summed E-state index contributed by atoms with van der Waals surface area (Å²) in [7, 11) is 0. The van der Waals surface area contributed by atoms with Crippen molar-refractivity contribution < 1.29 is 4.68 Å². The van der Waals surface area contributed by atoms with E-state index in [1.54, 1.807) is 47.4 Å². The molecule has 0 aromatic heterocycles. The summed E-state index contributed by atoms with van der Waals surface area (Å²) in [6.07, 6.45) is 1.77. The first-order valence-corrected chi connectivity index (χ1v) is 8.04. The molecule has 0 unspecified atom stereocenters. The first kappa shape index (κ1) is 17.2. The largest absolute Gasteiger partial charge is 0.279 e. The second-order valence-electron chi connectivity index (χ2n) is 4.45. The SMILES string of the molecule is CCNC=[N+](Nc1cc(Cl)cc(Cl)c1)c1cc(Cl)cc(Cl)c1. The van der Waals surface area contributed by atoms with E-state index in [1.807, 2.05) is 6.92 Å². The van der Waals surface area contributed by atoms with Crippen molar-refractivity contribution in [2.75, 3.05) is 12.0 Å². The van der Waals surface area contributed by atoms with Gasteiger partial charge in [-0.3, -0.25) is 5.32 Å². The van der Waals surface area contributed by atoms with Crippen LogP contribution in [0.25, 0.3) is 0 Å². The molecule has 116 valence electrons. The monoisotopic (exact) mass is 376 g/mol. The van der Waals surface area contributed by atoms with Crippen LogP contribution >= 0.6 is 46.4 Å². The molecule has 2 aromatic rings. The fourth-order valence-electron chi connectivity index (χ4n) is 1.79. The van der Waals surface area contributed by atoms with Crippen LogP contribution in [0.15, 0.2) is 36.4 Å². The van der Waals surface area contributed by atoms with Crippen molar-refractivity contribution in [3.05, 3.63) is 56.5 Å². The molecule has 0 spiro atoms. The Labute approximate surface area is 149 Å². The van der Waals surface area contributed by atoms with Crippen molar-refractivity contribution in [3.8, 4) is 0 Å². The molecule has 0 fully saturated rings. The zero-order chi connectivity index (χ0) is 16.1. The summed E-state index contributed by atoms with van der Waals surface area (Å²) in [5.74, 6) is 0. The van der Waals surface area contributed by atoms with Gasteiger partial charge in [-0.05, 0) is 31.2 Å². The number of hydrazone groups is 1. The summed E-state index contributed by atoms with van der Waals surface area (Å²) in [6, 6.07) is 10.5. The Kier molecular flexibility index (Phi) is 6.21. The highest BCUT2D eigenvalue weighted by atomic mass is 35.5. The normalized spacial score (nSPS) is 11.4. The highest BCUT2D eigenvalue weighted by Gasteiger charge is 2.09. The second-order valence-corrected chi connectivity index (χ2v) is 6.20. The summed E-state index contributed by atoms with van der Waals surface area (Å²) >= 11 is 24.2. The predicted octanol–water partition coefficient (Wildman–Crippen LogP) is 5.61. The van der Waals surface area contributed by atoms with Gasteiger partial charge in [-0.15, -0.1) is 4.68 Å². The van der Waals surface area contributed by atoms with Gasteiger partial charge in [-0.25, -0.2) is 5.43 Å². The maximum absolute atomic E-state index is 6.07. The number of anilines is 1. The van der Waals surface area contributed by atoms with Gasteiger partial charge in [0.25, 0.3) is 6.34 Å². The lowest BCUT2D eigenvalue weighted by molar-refractivity contribution is -0.401. The molecule has 0 heterocycles. The maximum Gasteiger partial charge on any atom is 0.261 e. The van der Waals surface area contributed by atoms with Crippen LogP contribution < -0.4 is 10.7 Å². The van der Waals surface area contributed by atoms with E-state index in [-0.39, 0.29) is 0 Å². The third-order valence-corrected chi connectivity index (χ3v) is 3.53. The van der Waals surface area contributed by atoms with Crippen LogP contribution in [0, 0.1) is 0 Å². The quantitative estimate of drug-likeness (QED) is 0.306. The van der Waals surface area contributed by atoms with Gasteiger partial charge in [0.2, 0.25) is 0 Å². The van der Waals surface area contributed by atoms with Crippen LogP contribution in [0.1, 0.15) is 6.92 Å². The van der Waals surface area contributed by atoms with Crippen molar-refractivity contribution in [1.29, 1.82) is 0 Å². The Hall–Kier alpha value is -1.13. The van der Waals surface area contributed by atoms with Crippen LogP contribution in [0.4, 0.5) is 11.4 Å². The van der Waals surface area contributed by atoms with E-state index in [9.17, 15) is 0 Å². The number of rotatable bonds is 5. The number of hydrazine groups is 1. The molecule has 0 aliphatic heterocycles. The number of hydrogen-bond acceptors (Lipinski definition) is 1. The average Bonchev–Trinajstić information content (AvgIpc) is 2.41. The van der Waals surface area contributed by atoms with Crippen molar-refractivity contribution in [2.45, 2.75) is 6.92 Å². The maximum atomic E-state index is 6.07. The van der Waals surface area contributed by atoms with Gasteiger partial charge in [0.1, 0.15) is 0 Å². The highest BCUT2D eigenvalue weighted by Crippen LogP contribution is 2.26. The third-order valence-electron chi connectivity index (χ3n) is 2.66. The summed E-state index contributed by atoms with van der Waals surface area (Å²) in [5, 5.41) is 5.30. The van der Waals surface area contributed by atoms with E-state index in [4.69, 9.17) is 46.4 Å². The molecule has 0 saturated heterocycles. The fraction of sp³-hybridized carbons (Fsp3) is 0.133. The van der Waals surface area contributed by atoms with Crippen molar-refractivity contribution in [2.24, 2.45) is 0 Å². The molecule has 0 aliphatic rings. The lowest BCUT2D eigenvalue weighted by Crippen LogP contribution is -2.24. The number of nitrogens with one attached hydrogen (secondary N) is 2. The minimum absolute atomic E-state index is 0.544. The van der Waals surface area contributed by atoms with Gasteiger partial charge in [-0.2, -0.15) is 0 Å². The Morgan fingerprint density at radius 1 is 0.864 bits per heavy atom. The van der Waals surface area contributed by atoms with Gasteiger partial charge in [0, 0.05) is 32.2 Å². The minimum atomic E-state index is 0.544. The van der Waals surface area contributed by atoms with E-state index < -0.39 is 0 Å². The van der Waals surface area contributed by atoms with E-state index >= 15 is 0 Å². The van der Waals surface area contributed by atoms with E-state index in [1.165, 1.54) is 0 Å². The Balaban J connectivity index is 2.38. The molecule has 2 rings (SSSR count). The van der Waals surface area contributed by atoms with Gasteiger partial charge in [0.15, 0.2) is 5.69 Å². The molecular formula is C15H14Cl4N3+. The van der Waals surface area contributed by atoms with Gasteiger partial charge < -0.3 is 0 Å². The average molecular weight is 378 g/mol. The molecule has 2 aromatic carbocycles. The van der Waals surface area contributed by atoms with Crippen molar-refractivity contribution in [3.63, 3.8) is 0 Å². The molecule has 0 saturated carbocycles. The molecule has 2 N–H and O–H groups in total. The third kappa shape index (κ3) is 4.96. The zero-order valence-electron chi connectivity index (χ0n) is 11.7. The summed E-state index contributed by atoms with van der Waals surface area (Å²) in [6.45, 7) is 2.76. The smallest absolute Gasteiger partial charge is 0.261 e. The summed E-state index contributed by atoms with van der Waals surface area (Å²) in [5.41, 5.74) is 4.71. The first-order chi connectivity index (χ1) is 10.5. The number of benzene rings is 2. The summed E-state index contributed by atoms with van der Waals surface area (Å²) in [4.78, 5) is 0. The molecule has 0 aliphatic carbocycles. The van der Waals surface area contributed by atoms with Gasteiger partial charge in [0.05, 0.1) is 12.2 Å². The molecule has 0 amide bonds. The second kappa shape index (κ2) is 7.93. The van der Waals surface area contributed by atoms with E-state index in [2.05, 4.69) is 10.7 Å². The zero-order valence-corrected chi connectivity index (χ0v) is 14.7. The Morgan fingerprint density at radius 2 is 1.36 bits per heavy atom. The molecule has 22 heavy (non-hydrogen) atoms. The van der Waals surface area contributed by atoms with E-state index in [0.29, 0.717) is 20.1 Å². The lowest BCUT2D eigenvalue weighted by Gasteiger charge is -2.11. The molecule has 0 radical (unpaired) electrons. The fourth-order valence-corrected chi connectivity index (χ4v) is 2.83. The molecule has 0 bridgehead atoms. The number of nitrogens with zero attached hydrogens (tertiary/aromatic N) is 1. The summed E-state index contributed by atoms with van der Waals surface area (Å²) < 4.78 is 1.75. The Bertz CT molecular complexity index is 661. The highest BCUT2D eigenvalue weighted by molar-refractivity contribution is 6.35. The minimum Gasteiger partial charge on any atom is -0.279 e. The first-order valence-electron chi connectivity index (χ1n) is 6.52. The molecular weight excluding hydrogens is 364 g/mol. The number of halogens is 4.